The third kappa shape index (κ3) is 2.98. The number of benzene rings is 2. The third-order valence-corrected chi connectivity index (χ3v) is 3.56. The second-order valence-electron chi connectivity index (χ2n) is 4.13. The molecule has 3 N–H and O–H groups in total. The summed E-state index contributed by atoms with van der Waals surface area (Å²) in [6.45, 7) is 2.07. The van der Waals surface area contributed by atoms with Crippen molar-refractivity contribution >= 4 is 38.9 Å². The van der Waals surface area contributed by atoms with E-state index in [2.05, 4.69) is 40.3 Å². The first-order valence-corrected chi connectivity index (χ1v) is 6.81. The van der Waals surface area contributed by atoms with Crippen LogP contribution in [0, 0.1) is 0 Å². The first-order chi connectivity index (χ1) is 8.58. The first kappa shape index (κ1) is 13.2. The van der Waals surface area contributed by atoms with Gasteiger partial charge in [-0.15, -0.1) is 0 Å². The summed E-state index contributed by atoms with van der Waals surface area (Å²) in [7, 11) is 0. The van der Waals surface area contributed by atoms with Crippen molar-refractivity contribution in [3.63, 3.8) is 0 Å². The minimum absolute atomic E-state index is 0.129. The summed E-state index contributed by atoms with van der Waals surface area (Å²) in [5.74, 6) is 0. The molecule has 1 atom stereocenters. The maximum atomic E-state index is 6.14. The van der Waals surface area contributed by atoms with E-state index < -0.39 is 0 Å². The highest BCUT2D eigenvalue weighted by atomic mass is 79.9. The molecule has 0 spiro atoms. The minimum atomic E-state index is 0.129. The van der Waals surface area contributed by atoms with Crippen molar-refractivity contribution in [1.29, 1.82) is 0 Å². The first-order valence-electron chi connectivity index (χ1n) is 5.64. The highest BCUT2D eigenvalue weighted by Crippen LogP contribution is 2.31. The molecule has 0 aliphatic heterocycles. The lowest BCUT2D eigenvalue weighted by Crippen LogP contribution is -2.08. The van der Waals surface area contributed by atoms with Gasteiger partial charge in [0.2, 0.25) is 0 Å². The van der Waals surface area contributed by atoms with E-state index in [1.54, 1.807) is 0 Å². The van der Waals surface area contributed by atoms with Gasteiger partial charge in [-0.05, 0) is 36.8 Å². The molecule has 0 bridgehead atoms. The Hall–Kier alpha value is -1.19. The zero-order valence-electron chi connectivity index (χ0n) is 9.95. The molecule has 2 aromatic carbocycles. The fourth-order valence-corrected chi connectivity index (χ4v) is 2.42. The predicted molar refractivity (Wildman–Crippen MR) is 82.0 cm³/mol. The predicted octanol–water partition coefficient (Wildman–Crippen LogP) is 4.86. The summed E-state index contributed by atoms with van der Waals surface area (Å²) in [4.78, 5) is 0. The quantitative estimate of drug-likeness (QED) is 0.791. The van der Waals surface area contributed by atoms with E-state index in [0.29, 0.717) is 10.7 Å². The zero-order chi connectivity index (χ0) is 13.1. The summed E-state index contributed by atoms with van der Waals surface area (Å²) < 4.78 is 1.06. The normalized spacial score (nSPS) is 12.2. The molecule has 0 heterocycles. The van der Waals surface area contributed by atoms with Gasteiger partial charge in [-0.2, -0.15) is 0 Å². The van der Waals surface area contributed by atoms with Gasteiger partial charge >= 0.3 is 0 Å². The molecule has 0 amide bonds. The average Bonchev–Trinajstić information content (AvgIpc) is 2.34. The van der Waals surface area contributed by atoms with Crippen LogP contribution in [0.5, 0.6) is 0 Å². The van der Waals surface area contributed by atoms with Crippen molar-refractivity contribution in [2.45, 2.75) is 13.0 Å². The van der Waals surface area contributed by atoms with E-state index in [0.717, 1.165) is 10.2 Å². The number of halogens is 2. The highest BCUT2D eigenvalue weighted by molar-refractivity contribution is 9.10. The molecule has 0 saturated carbocycles. The molecule has 4 heteroatoms. The van der Waals surface area contributed by atoms with Crippen LogP contribution in [0.15, 0.2) is 46.9 Å². The Bertz CT molecular complexity index is 537. The van der Waals surface area contributed by atoms with Gasteiger partial charge < -0.3 is 11.1 Å². The number of hydrogen-bond donors (Lipinski definition) is 2. The van der Waals surface area contributed by atoms with Crippen molar-refractivity contribution in [2.75, 3.05) is 11.1 Å². The molecule has 0 radical (unpaired) electrons. The van der Waals surface area contributed by atoms with Crippen molar-refractivity contribution in [1.82, 2.24) is 0 Å². The summed E-state index contributed by atoms with van der Waals surface area (Å²) >= 11 is 9.61. The van der Waals surface area contributed by atoms with E-state index in [4.69, 9.17) is 17.3 Å². The molecule has 1 unspecified atom stereocenters. The smallest absolute Gasteiger partial charge is 0.0767 e. The number of nitrogens with two attached hydrogens (primary N) is 1. The molecule has 94 valence electrons. The van der Waals surface area contributed by atoms with Crippen molar-refractivity contribution < 1.29 is 0 Å². The Morgan fingerprint density at radius 1 is 1.22 bits per heavy atom. The Morgan fingerprint density at radius 3 is 2.61 bits per heavy atom. The van der Waals surface area contributed by atoms with Gasteiger partial charge in [0.05, 0.1) is 16.4 Å². The Kier molecular flexibility index (Phi) is 4.15. The van der Waals surface area contributed by atoms with Gasteiger partial charge in [0.15, 0.2) is 0 Å². The molecule has 2 rings (SSSR count). The number of para-hydroxylation sites is 1. The molecule has 0 aromatic heterocycles. The number of anilines is 2. The number of nitrogens with one attached hydrogen (secondary N) is 1. The number of nitrogen functional groups attached to an aromatic ring is 1. The lowest BCUT2D eigenvalue weighted by Gasteiger charge is -2.18. The van der Waals surface area contributed by atoms with Crippen molar-refractivity contribution in [3.05, 3.63) is 57.5 Å². The van der Waals surface area contributed by atoms with Crippen LogP contribution in [0.25, 0.3) is 0 Å². The SMILES string of the molecule is CC(Nc1c(N)cccc1Cl)c1cccc(Br)c1. The average molecular weight is 326 g/mol. The van der Waals surface area contributed by atoms with Crippen LogP contribution in [-0.2, 0) is 0 Å². The Morgan fingerprint density at radius 2 is 1.94 bits per heavy atom. The van der Waals surface area contributed by atoms with Crippen LogP contribution in [0.3, 0.4) is 0 Å². The Labute approximate surface area is 120 Å². The fraction of sp³-hybridized carbons (Fsp3) is 0.143. The standard InChI is InChI=1S/C14H14BrClN2/c1-9(10-4-2-5-11(15)8-10)18-14-12(16)6-3-7-13(14)17/h2-9,18H,17H2,1H3. The molecular weight excluding hydrogens is 312 g/mol. The maximum absolute atomic E-state index is 6.14. The van der Waals surface area contributed by atoms with E-state index in [-0.39, 0.29) is 6.04 Å². The van der Waals surface area contributed by atoms with Gasteiger partial charge in [-0.25, -0.2) is 0 Å². The molecular formula is C14H14BrClN2. The topological polar surface area (TPSA) is 38.0 Å². The fourth-order valence-electron chi connectivity index (χ4n) is 1.77. The molecule has 0 fully saturated rings. The molecule has 0 saturated heterocycles. The van der Waals surface area contributed by atoms with Crippen LogP contribution < -0.4 is 11.1 Å². The second-order valence-corrected chi connectivity index (χ2v) is 5.45. The summed E-state index contributed by atoms with van der Waals surface area (Å²) in [5.41, 5.74) is 8.53. The lowest BCUT2D eigenvalue weighted by atomic mass is 10.1. The lowest BCUT2D eigenvalue weighted by molar-refractivity contribution is 0.884. The number of rotatable bonds is 3. The van der Waals surface area contributed by atoms with Crippen LogP contribution in [-0.4, -0.2) is 0 Å². The third-order valence-electron chi connectivity index (χ3n) is 2.76. The highest BCUT2D eigenvalue weighted by Gasteiger charge is 2.10. The van der Waals surface area contributed by atoms with Crippen molar-refractivity contribution in [2.24, 2.45) is 0 Å². The van der Waals surface area contributed by atoms with Gasteiger partial charge in [-0.1, -0.05) is 45.7 Å². The van der Waals surface area contributed by atoms with Gasteiger partial charge in [0, 0.05) is 10.5 Å². The van der Waals surface area contributed by atoms with Crippen LogP contribution in [0.1, 0.15) is 18.5 Å². The number of hydrogen-bond acceptors (Lipinski definition) is 2. The van der Waals surface area contributed by atoms with Gasteiger partial charge in [-0.3, -0.25) is 0 Å². The summed E-state index contributed by atoms with van der Waals surface area (Å²) in [5, 5.41) is 3.98. The monoisotopic (exact) mass is 324 g/mol. The van der Waals surface area contributed by atoms with Crippen molar-refractivity contribution in [3.8, 4) is 0 Å². The molecule has 0 aliphatic carbocycles. The van der Waals surface area contributed by atoms with Crippen LogP contribution in [0.4, 0.5) is 11.4 Å². The van der Waals surface area contributed by atoms with E-state index in [9.17, 15) is 0 Å². The van der Waals surface area contributed by atoms with Gasteiger partial charge in [0.1, 0.15) is 0 Å². The van der Waals surface area contributed by atoms with E-state index in [1.807, 2.05) is 30.3 Å². The molecule has 2 aromatic rings. The Balaban J connectivity index is 2.24. The second kappa shape index (κ2) is 5.63. The van der Waals surface area contributed by atoms with Crippen LogP contribution in [0.2, 0.25) is 5.02 Å². The van der Waals surface area contributed by atoms with Crippen LogP contribution >= 0.6 is 27.5 Å². The van der Waals surface area contributed by atoms with E-state index in [1.165, 1.54) is 5.56 Å². The van der Waals surface area contributed by atoms with Gasteiger partial charge in [0.25, 0.3) is 0 Å². The zero-order valence-corrected chi connectivity index (χ0v) is 12.3. The summed E-state index contributed by atoms with van der Waals surface area (Å²) in [6.07, 6.45) is 0. The largest absolute Gasteiger partial charge is 0.397 e. The molecule has 0 aliphatic rings. The minimum Gasteiger partial charge on any atom is -0.397 e. The maximum Gasteiger partial charge on any atom is 0.0767 e. The molecule has 18 heavy (non-hydrogen) atoms. The molecule has 2 nitrogen and oxygen atoms in total. The summed E-state index contributed by atoms with van der Waals surface area (Å²) in [6, 6.07) is 13.8. The van der Waals surface area contributed by atoms with E-state index >= 15 is 0 Å².